The van der Waals surface area contributed by atoms with Crippen LogP contribution in [0.3, 0.4) is 0 Å². The lowest BCUT2D eigenvalue weighted by Gasteiger charge is -2.27. The molecule has 2 rings (SSSR count). The zero-order valence-corrected chi connectivity index (χ0v) is 12.1. The maximum Gasteiger partial charge on any atom is 0.154 e. The molecule has 2 unspecified atom stereocenters. The fourth-order valence-corrected chi connectivity index (χ4v) is 4.80. The van der Waals surface area contributed by atoms with Gasteiger partial charge in [0.15, 0.2) is 9.84 Å². The van der Waals surface area contributed by atoms with Crippen LogP contribution in [0.25, 0.3) is 0 Å². The second kappa shape index (κ2) is 5.77. The van der Waals surface area contributed by atoms with Crippen molar-refractivity contribution in [1.29, 1.82) is 0 Å². The van der Waals surface area contributed by atoms with Gasteiger partial charge in [-0.05, 0) is 43.0 Å². The van der Waals surface area contributed by atoms with Gasteiger partial charge in [-0.3, -0.25) is 0 Å². The highest BCUT2D eigenvalue weighted by atomic mass is 35.5. The summed E-state index contributed by atoms with van der Waals surface area (Å²) < 4.78 is 37.6. The molecule has 0 amide bonds. The highest BCUT2D eigenvalue weighted by Gasteiger charge is 2.33. The van der Waals surface area contributed by atoms with E-state index in [9.17, 15) is 12.8 Å². The van der Waals surface area contributed by atoms with Gasteiger partial charge < -0.3 is 5.73 Å². The SMILES string of the molecule is NC(Cc1cc(Cl)ccc1F)C1CCCCS1(=O)=O. The number of sulfone groups is 1. The van der Waals surface area contributed by atoms with Crippen molar-refractivity contribution in [2.24, 2.45) is 5.73 Å². The normalized spacial score (nSPS) is 24.1. The zero-order valence-electron chi connectivity index (χ0n) is 10.5. The van der Waals surface area contributed by atoms with Gasteiger partial charge in [-0.15, -0.1) is 0 Å². The Morgan fingerprint density at radius 1 is 1.42 bits per heavy atom. The predicted octanol–water partition coefficient (Wildman–Crippen LogP) is 2.32. The van der Waals surface area contributed by atoms with Crippen LogP contribution in [0.1, 0.15) is 24.8 Å². The topological polar surface area (TPSA) is 60.2 Å². The van der Waals surface area contributed by atoms with Gasteiger partial charge >= 0.3 is 0 Å². The molecular formula is C13H17ClFNO2S. The van der Waals surface area contributed by atoms with Crippen LogP contribution in [0.5, 0.6) is 0 Å². The van der Waals surface area contributed by atoms with Crippen molar-refractivity contribution in [3.63, 3.8) is 0 Å². The lowest BCUT2D eigenvalue weighted by atomic mass is 10.00. The Morgan fingerprint density at radius 2 is 2.16 bits per heavy atom. The van der Waals surface area contributed by atoms with Crippen LogP contribution < -0.4 is 5.73 Å². The molecule has 6 heteroatoms. The molecule has 1 aliphatic rings. The summed E-state index contributed by atoms with van der Waals surface area (Å²) in [5.41, 5.74) is 6.36. The van der Waals surface area contributed by atoms with E-state index in [-0.39, 0.29) is 12.2 Å². The Bertz CT molecular complexity index is 562. The average Bonchev–Trinajstić information content (AvgIpc) is 2.33. The van der Waals surface area contributed by atoms with Crippen LogP contribution in [-0.4, -0.2) is 25.5 Å². The van der Waals surface area contributed by atoms with Crippen molar-refractivity contribution in [3.8, 4) is 0 Å². The molecule has 1 aromatic rings. The molecular weight excluding hydrogens is 289 g/mol. The number of nitrogens with two attached hydrogens (primary N) is 1. The minimum atomic E-state index is -3.15. The van der Waals surface area contributed by atoms with Crippen LogP contribution in [0, 0.1) is 5.82 Å². The van der Waals surface area contributed by atoms with Crippen molar-refractivity contribution < 1.29 is 12.8 Å². The summed E-state index contributed by atoms with van der Waals surface area (Å²) >= 11 is 5.82. The fraction of sp³-hybridized carbons (Fsp3) is 0.538. The second-order valence-corrected chi connectivity index (χ2v) is 7.78. The van der Waals surface area contributed by atoms with Gasteiger partial charge in [0, 0.05) is 11.1 Å². The van der Waals surface area contributed by atoms with Crippen molar-refractivity contribution in [2.75, 3.05) is 5.75 Å². The van der Waals surface area contributed by atoms with Gasteiger partial charge in [-0.1, -0.05) is 18.0 Å². The van der Waals surface area contributed by atoms with Gasteiger partial charge in [0.2, 0.25) is 0 Å². The van der Waals surface area contributed by atoms with Gasteiger partial charge in [0.05, 0.1) is 11.0 Å². The fourth-order valence-electron chi connectivity index (χ4n) is 2.55. The Kier molecular flexibility index (Phi) is 4.48. The van der Waals surface area contributed by atoms with E-state index in [1.807, 2.05) is 0 Å². The van der Waals surface area contributed by atoms with E-state index in [2.05, 4.69) is 0 Å². The van der Waals surface area contributed by atoms with E-state index in [1.165, 1.54) is 18.2 Å². The molecule has 0 saturated carbocycles. The van der Waals surface area contributed by atoms with Crippen molar-refractivity contribution in [1.82, 2.24) is 0 Å². The molecule has 0 aromatic heterocycles. The Balaban J connectivity index is 2.16. The minimum absolute atomic E-state index is 0.184. The largest absolute Gasteiger partial charge is 0.326 e. The van der Waals surface area contributed by atoms with Gasteiger partial charge in [-0.25, -0.2) is 12.8 Å². The molecule has 1 saturated heterocycles. The smallest absolute Gasteiger partial charge is 0.154 e. The third kappa shape index (κ3) is 3.46. The summed E-state index contributed by atoms with van der Waals surface area (Å²) in [7, 11) is -3.15. The molecule has 0 spiro atoms. The summed E-state index contributed by atoms with van der Waals surface area (Å²) in [4.78, 5) is 0. The first kappa shape index (κ1) is 14.8. The summed E-state index contributed by atoms with van der Waals surface area (Å²) in [5.74, 6) is -0.211. The van der Waals surface area contributed by atoms with Gasteiger partial charge in [0.25, 0.3) is 0 Å². The molecule has 19 heavy (non-hydrogen) atoms. The molecule has 3 nitrogen and oxygen atoms in total. The Labute approximate surface area is 117 Å². The quantitative estimate of drug-likeness (QED) is 0.932. The van der Waals surface area contributed by atoms with E-state index >= 15 is 0 Å². The number of rotatable bonds is 3. The first-order chi connectivity index (χ1) is 8.90. The van der Waals surface area contributed by atoms with Crippen molar-refractivity contribution in [2.45, 2.75) is 37.0 Å². The molecule has 0 aliphatic carbocycles. The number of benzene rings is 1. The van der Waals surface area contributed by atoms with Gasteiger partial charge in [0.1, 0.15) is 5.82 Å². The Morgan fingerprint density at radius 3 is 2.84 bits per heavy atom. The van der Waals surface area contributed by atoms with E-state index in [4.69, 9.17) is 17.3 Å². The van der Waals surface area contributed by atoms with E-state index in [0.717, 1.165) is 6.42 Å². The first-order valence-corrected chi connectivity index (χ1v) is 8.40. The molecule has 0 radical (unpaired) electrons. The zero-order chi connectivity index (χ0) is 14.0. The predicted molar refractivity (Wildman–Crippen MR) is 74.5 cm³/mol. The Hall–Kier alpha value is -0.650. The average molecular weight is 306 g/mol. The summed E-state index contributed by atoms with van der Waals surface area (Å²) in [5, 5.41) is -0.144. The van der Waals surface area contributed by atoms with Crippen molar-refractivity contribution >= 4 is 21.4 Å². The molecule has 1 aromatic carbocycles. The van der Waals surface area contributed by atoms with E-state index < -0.39 is 26.9 Å². The third-order valence-corrected chi connectivity index (χ3v) is 6.17. The van der Waals surface area contributed by atoms with Crippen molar-refractivity contribution in [3.05, 3.63) is 34.6 Å². The summed E-state index contributed by atoms with van der Waals surface area (Å²) in [6, 6.07) is 3.66. The standard InChI is InChI=1S/C13H17ClFNO2S/c14-10-4-5-11(15)9(7-10)8-12(16)13-3-1-2-6-19(13,17)18/h4-5,7,12-13H,1-3,6,8,16H2. The molecule has 106 valence electrons. The third-order valence-electron chi connectivity index (χ3n) is 3.57. The second-order valence-electron chi connectivity index (χ2n) is 5.00. The summed E-state index contributed by atoms with van der Waals surface area (Å²) in [6.07, 6.45) is 2.30. The first-order valence-electron chi connectivity index (χ1n) is 6.31. The lowest BCUT2D eigenvalue weighted by Crippen LogP contribution is -2.45. The maximum atomic E-state index is 13.6. The molecule has 1 fully saturated rings. The minimum Gasteiger partial charge on any atom is -0.326 e. The summed E-state index contributed by atoms with van der Waals surface area (Å²) in [6.45, 7) is 0. The molecule has 2 atom stereocenters. The lowest BCUT2D eigenvalue weighted by molar-refractivity contribution is 0.489. The van der Waals surface area contributed by atoms with Crippen LogP contribution in [0.4, 0.5) is 4.39 Å². The van der Waals surface area contributed by atoms with Crippen LogP contribution in [0.15, 0.2) is 18.2 Å². The molecule has 2 N–H and O–H groups in total. The van der Waals surface area contributed by atoms with E-state index in [0.29, 0.717) is 23.4 Å². The molecule has 1 aliphatic heterocycles. The van der Waals surface area contributed by atoms with Crippen LogP contribution in [-0.2, 0) is 16.3 Å². The number of hydrogen-bond acceptors (Lipinski definition) is 3. The monoisotopic (exact) mass is 305 g/mol. The number of hydrogen-bond donors (Lipinski definition) is 1. The van der Waals surface area contributed by atoms with E-state index in [1.54, 1.807) is 0 Å². The molecule has 0 bridgehead atoms. The maximum absolute atomic E-state index is 13.6. The van der Waals surface area contributed by atoms with Crippen LogP contribution in [0.2, 0.25) is 5.02 Å². The highest BCUT2D eigenvalue weighted by Crippen LogP contribution is 2.24. The highest BCUT2D eigenvalue weighted by molar-refractivity contribution is 7.92. The van der Waals surface area contributed by atoms with Crippen LogP contribution >= 0.6 is 11.6 Å². The number of halogens is 2. The molecule has 1 heterocycles. The van der Waals surface area contributed by atoms with Gasteiger partial charge in [-0.2, -0.15) is 0 Å².